The molecule has 27 rings (SSSR count). The molecule has 0 unspecified atom stereocenters. The van der Waals surface area contributed by atoms with Gasteiger partial charge in [-0.25, -0.2) is 44.9 Å². The van der Waals surface area contributed by atoms with Crippen molar-refractivity contribution in [2.24, 2.45) is 0 Å². The summed E-state index contributed by atoms with van der Waals surface area (Å²) < 4.78 is 9.42. The van der Waals surface area contributed by atoms with Crippen LogP contribution < -0.4 is 0 Å². The number of aromatic nitrogens is 13. The molecule has 0 aliphatic heterocycles. The van der Waals surface area contributed by atoms with Crippen LogP contribution in [0.5, 0.6) is 0 Å². The molecular weight excluding hydrogens is 1700 g/mol. The Labute approximate surface area is 802 Å². The third-order valence-corrected chi connectivity index (χ3v) is 26.9. The quantitative estimate of drug-likeness (QED) is 0.104. The first kappa shape index (κ1) is 82.3. The number of hydrogen-bond donors (Lipinski definition) is 0. The number of benzene rings is 19. The molecule has 0 atom stereocenters. The highest BCUT2D eigenvalue weighted by Crippen LogP contribution is 2.52. The smallest absolute Gasteiger partial charge is 0.164 e. The Hall–Kier alpha value is -18.6. The van der Waals surface area contributed by atoms with Crippen LogP contribution in [0.2, 0.25) is 0 Å². The van der Waals surface area contributed by atoms with Gasteiger partial charge in [0.25, 0.3) is 0 Å². The van der Waals surface area contributed by atoms with E-state index in [9.17, 15) is 0 Å². The molecule has 0 bridgehead atoms. The summed E-state index contributed by atoms with van der Waals surface area (Å²) in [5.74, 6) is 5.86. The van der Waals surface area contributed by atoms with Gasteiger partial charge in [-0.05, 0) is 161 Å². The molecule has 26 aromatic rings. The molecule has 19 aromatic carbocycles. The Kier molecular flexibility index (Phi) is 20.6. The van der Waals surface area contributed by atoms with Gasteiger partial charge in [0.15, 0.2) is 52.4 Å². The predicted molar refractivity (Wildman–Crippen MR) is 569 cm³/mol. The van der Waals surface area contributed by atoms with Gasteiger partial charge in [-0.3, -0.25) is 0 Å². The largest absolute Gasteiger partial charge is 0.309 e. The molecule has 0 saturated carbocycles. The molecule has 0 N–H and O–H groups in total. The predicted octanol–water partition coefficient (Wildman–Crippen LogP) is 31.0. The lowest BCUT2D eigenvalue weighted by molar-refractivity contribution is 0.661. The van der Waals surface area contributed by atoms with Gasteiger partial charge in [0.2, 0.25) is 0 Å². The van der Waals surface area contributed by atoms with Crippen molar-refractivity contribution in [1.29, 1.82) is 0 Å². The molecule has 7 aromatic heterocycles. The first-order valence-electron chi connectivity index (χ1n) is 46.9. The molecule has 13 nitrogen and oxygen atoms in total. The fraction of sp³-hybridized carbons (Fsp3) is 0.0238. The minimum Gasteiger partial charge on any atom is -0.309 e. The summed E-state index contributed by atoms with van der Waals surface area (Å²) >= 11 is 0. The van der Waals surface area contributed by atoms with E-state index >= 15 is 0 Å². The van der Waals surface area contributed by atoms with Crippen molar-refractivity contribution in [1.82, 2.24) is 63.1 Å². The average Bonchev–Trinajstić information content (AvgIpc) is 1.54. The normalized spacial score (nSPS) is 12.0. The molecule has 0 fully saturated rings. The Morgan fingerprint density at radius 3 is 0.734 bits per heavy atom. The SMILES string of the molecule is CC1(C)c2ccccc2-c2cc3c4ccccc4n(-c4ccc(-c5nc(-c6ccccc6)nc(-c6ccccc6)n5)cc4)c3cc21.c1ccc(-c2nc(-c3ccccc3)nc(-c3cccc(-n4c5ccccc5c5cc(-c6ccc7c(c6)c6ccccc6n7-c6ccccc6)ccc54)c3)n2)cc1.c1ccc(-c2nc(-c3ccccc3)nc(-c3cccc(-n4c5ccccc5c5ccccc54)c3)n2)cc1. The Morgan fingerprint density at radius 2 is 0.381 bits per heavy atom. The Balaban J connectivity index is 0.000000113. The van der Waals surface area contributed by atoms with Crippen LogP contribution in [0.1, 0.15) is 25.0 Å². The van der Waals surface area contributed by atoms with Crippen molar-refractivity contribution in [2.45, 2.75) is 19.3 Å². The van der Waals surface area contributed by atoms with E-state index in [1.807, 2.05) is 182 Å². The number of para-hydroxylation sites is 6. The third-order valence-electron chi connectivity index (χ3n) is 26.9. The summed E-state index contributed by atoms with van der Waals surface area (Å²) in [4.78, 5) is 44.3. The van der Waals surface area contributed by atoms with Crippen LogP contribution in [0.15, 0.2) is 479 Å². The van der Waals surface area contributed by atoms with Gasteiger partial charge in [-0.15, -0.1) is 0 Å². The van der Waals surface area contributed by atoms with Gasteiger partial charge in [0.1, 0.15) is 0 Å². The molecule has 0 saturated heterocycles. The highest BCUT2D eigenvalue weighted by Gasteiger charge is 2.37. The van der Waals surface area contributed by atoms with Gasteiger partial charge in [0, 0.05) is 121 Å². The molecule has 7 heterocycles. The maximum Gasteiger partial charge on any atom is 0.164 e. The van der Waals surface area contributed by atoms with Crippen molar-refractivity contribution in [2.75, 3.05) is 0 Å². The van der Waals surface area contributed by atoms with E-state index in [0.29, 0.717) is 52.4 Å². The van der Waals surface area contributed by atoms with Crippen molar-refractivity contribution in [3.05, 3.63) is 490 Å². The molecule has 139 heavy (non-hydrogen) atoms. The van der Waals surface area contributed by atoms with Crippen LogP contribution in [-0.4, -0.2) is 63.1 Å². The topological polar surface area (TPSA) is 136 Å². The van der Waals surface area contributed by atoms with Gasteiger partial charge >= 0.3 is 0 Å². The fourth-order valence-corrected chi connectivity index (χ4v) is 20.2. The first-order chi connectivity index (χ1) is 68.7. The highest BCUT2D eigenvalue weighted by atomic mass is 15.1. The lowest BCUT2D eigenvalue weighted by Gasteiger charge is -2.21. The summed E-state index contributed by atoms with van der Waals surface area (Å²) in [6.45, 7) is 4.68. The summed E-state index contributed by atoms with van der Waals surface area (Å²) in [7, 11) is 0. The molecule has 1 aliphatic rings. The van der Waals surface area contributed by atoms with Gasteiger partial charge in [-0.2, -0.15) is 0 Å². The summed E-state index contributed by atoms with van der Waals surface area (Å²) in [6, 6.07) is 167. The fourth-order valence-electron chi connectivity index (χ4n) is 20.2. The van der Waals surface area contributed by atoms with Crippen LogP contribution in [-0.2, 0) is 5.41 Å². The molecule has 0 radical (unpaired) electrons. The van der Waals surface area contributed by atoms with Crippen LogP contribution in [0.25, 0.3) is 235 Å². The number of fused-ring (bicyclic) bond motifs is 15. The molecule has 0 spiro atoms. The minimum absolute atomic E-state index is 0.0726. The second-order valence-electron chi connectivity index (χ2n) is 35.6. The maximum atomic E-state index is 5.02. The summed E-state index contributed by atoms with van der Waals surface area (Å²) in [5, 5.41) is 9.89. The van der Waals surface area contributed by atoms with E-state index in [1.165, 1.54) is 110 Å². The molecular formula is C126H85N13. The van der Waals surface area contributed by atoms with Crippen molar-refractivity contribution < 1.29 is 0 Å². The second-order valence-corrected chi connectivity index (χ2v) is 35.6. The van der Waals surface area contributed by atoms with Crippen LogP contribution in [0.3, 0.4) is 0 Å². The van der Waals surface area contributed by atoms with E-state index in [1.54, 1.807) is 0 Å². The van der Waals surface area contributed by atoms with Crippen LogP contribution >= 0.6 is 0 Å². The second kappa shape index (κ2) is 34.8. The number of rotatable bonds is 14. The van der Waals surface area contributed by atoms with Crippen molar-refractivity contribution in [3.8, 4) is 147 Å². The Bertz CT molecular complexity index is 8970. The summed E-state index contributed by atoms with van der Waals surface area (Å²) in [5.41, 5.74) is 30.1. The third kappa shape index (κ3) is 15.0. The highest BCUT2D eigenvalue weighted by molar-refractivity contribution is 6.15. The standard InChI is InChI=1S/C51H33N5.C42H30N4.C33H22N4/c1-4-15-34(16-5-1)49-52-50(35-17-6-2-7-18-35)54-51(53-49)38-19-14-22-40(31-38)56-46-26-13-11-24-42(46)44-33-37(28-30-48(44)56)36-27-29-47-43(32-36)41-23-10-12-25-45(41)55(47)39-20-8-3-9-21-39;1-42(2)35-19-11-9-17-31(35)33-25-34-32-18-10-12-20-37(32)46(38(34)26-36(33)42)30-23-21-29(22-24-30)41-44-39(27-13-5-3-6-14-27)43-40(45-41)28-15-7-4-8-16-28;1-3-12-23(13-4-1)31-34-32(24-14-5-2-6-15-24)36-33(35-31)25-16-11-17-26(22-25)37-29-20-9-7-18-27(29)28-19-8-10-21-30(28)37/h1-33H;3-26H,1-2H3;1-22H. The van der Waals surface area contributed by atoms with E-state index in [-0.39, 0.29) is 5.41 Å². The molecule has 654 valence electrons. The lowest BCUT2D eigenvalue weighted by atomic mass is 9.82. The monoisotopic (exact) mass is 1780 g/mol. The van der Waals surface area contributed by atoms with Gasteiger partial charge in [-0.1, -0.05) is 366 Å². The molecule has 1 aliphatic carbocycles. The Morgan fingerprint density at radius 1 is 0.144 bits per heavy atom. The zero-order valence-corrected chi connectivity index (χ0v) is 75.9. The van der Waals surface area contributed by atoms with E-state index in [0.717, 1.165) is 83.9 Å². The van der Waals surface area contributed by atoms with E-state index in [4.69, 9.17) is 44.9 Å². The zero-order chi connectivity index (χ0) is 92.4. The lowest BCUT2D eigenvalue weighted by Crippen LogP contribution is -2.14. The zero-order valence-electron chi connectivity index (χ0n) is 75.9. The number of hydrogen-bond acceptors (Lipinski definition) is 9. The van der Waals surface area contributed by atoms with Crippen molar-refractivity contribution >= 4 is 87.2 Å². The van der Waals surface area contributed by atoms with E-state index in [2.05, 4.69) is 329 Å². The van der Waals surface area contributed by atoms with Gasteiger partial charge < -0.3 is 18.3 Å². The van der Waals surface area contributed by atoms with Crippen LogP contribution in [0.4, 0.5) is 0 Å². The van der Waals surface area contributed by atoms with Crippen LogP contribution in [0, 0.1) is 0 Å². The van der Waals surface area contributed by atoms with Gasteiger partial charge in [0.05, 0.1) is 44.1 Å². The minimum atomic E-state index is -0.0726. The molecule has 13 heteroatoms. The number of nitrogens with zero attached hydrogens (tertiary/aromatic N) is 13. The summed E-state index contributed by atoms with van der Waals surface area (Å²) in [6.07, 6.45) is 0. The van der Waals surface area contributed by atoms with Crippen molar-refractivity contribution in [3.63, 3.8) is 0 Å². The van der Waals surface area contributed by atoms with E-state index < -0.39 is 0 Å². The first-order valence-corrected chi connectivity index (χ1v) is 46.9. The average molecular weight is 1780 g/mol. The maximum absolute atomic E-state index is 5.02. The molecule has 0 amide bonds.